The molecule has 4 unspecified atom stereocenters. The Labute approximate surface area is 268 Å². The largest absolute Gasteiger partial charge is 0.355 e. The number of carbonyl (C=O) groups is 4. The third-order valence-corrected chi connectivity index (χ3v) is 12.0. The van der Waals surface area contributed by atoms with E-state index >= 15 is 0 Å². The third kappa shape index (κ3) is 22.9. The quantitative estimate of drug-likeness (QED) is 0.115. The highest BCUT2D eigenvalue weighted by Crippen LogP contribution is 2.39. The summed E-state index contributed by atoms with van der Waals surface area (Å²) in [6.45, 7) is 4.65. The topological polar surface area (TPSA) is 132 Å². The van der Waals surface area contributed by atoms with Gasteiger partial charge in [0, 0.05) is 84.7 Å². The molecule has 0 radical (unpaired) electrons. The van der Waals surface area contributed by atoms with Crippen molar-refractivity contribution in [3.63, 3.8) is 0 Å². The molecule has 0 aromatic carbocycles. The zero-order chi connectivity index (χ0) is 30.2. The minimum Gasteiger partial charge on any atom is -0.355 e. The first-order valence-corrected chi connectivity index (χ1v) is 19.3. The standard InChI is InChI=1S/C15H27NO2S2.C8H18N2S2.C4H4Cl2O2/c1-12-5-7-14(12)20-11-9-16-15(18)8-6-13(17)4-3-10-19-2;9-3-5-11-7-1-2-8(7)12-6-4-10;5-3(7)1-2-4(6)8/h12,14H,3-11H2,1-2H3,(H,16,18);7-8H,1-6,9-10H2;1-2H2. The fourth-order valence-corrected chi connectivity index (χ4v) is 8.19. The molecule has 234 valence electrons. The van der Waals surface area contributed by atoms with Crippen molar-refractivity contribution in [2.75, 3.05) is 48.9 Å². The lowest BCUT2D eigenvalue weighted by Gasteiger charge is -2.35. The monoisotopic (exact) mass is 677 g/mol. The number of nitrogens with two attached hydrogens (primary N) is 2. The Balaban J connectivity index is 0.000000642. The number of rotatable bonds is 20. The molecule has 2 saturated carbocycles. The van der Waals surface area contributed by atoms with Crippen LogP contribution in [0.15, 0.2) is 0 Å². The van der Waals surface area contributed by atoms with E-state index in [2.05, 4.69) is 12.2 Å². The number of Topliss-reactive ketones (excluding diaryl/α,β-unsaturated/α-hetero) is 1. The zero-order valence-electron chi connectivity index (χ0n) is 24.0. The summed E-state index contributed by atoms with van der Waals surface area (Å²) >= 11 is 17.5. The van der Waals surface area contributed by atoms with Crippen LogP contribution in [0, 0.1) is 5.92 Å². The summed E-state index contributed by atoms with van der Waals surface area (Å²) in [6, 6.07) is 0. The van der Waals surface area contributed by atoms with Gasteiger partial charge in [-0.15, -0.1) is 0 Å². The summed E-state index contributed by atoms with van der Waals surface area (Å²) in [5.41, 5.74) is 10.9. The second kappa shape index (κ2) is 27.0. The van der Waals surface area contributed by atoms with Gasteiger partial charge >= 0.3 is 0 Å². The molecule has 0 aromatic rings. The van der Waals surface area contributed by atoms with Crippen molar-refractivity contribution in [2.45, 2.75) is 86.9 Å². The van der Waals surface area contributed by atoms with Crippen LogP contribution < -0.4 is 16.8 Å². The van der Waals surface area contributed by atoms with Gasteiger partial charge < -0.3 is 16.8 Å². The predicted molar refractivity (Wildman–Crippen MR) is 180 cm³/mol. The second-order valence-corrected chi connectivity index (χ2v) is 15.5. The molecule has 0 bridgehead atoms. The summed E-state index contributed by atoms with van der Waals surface area (Å²) in [5, 5.41) is 4.38. The lowest BCUT2D eigenvalue weighted by molar-refractivity contribution is -0.125. The number of thioether (sulfide) groups is 4. The van der Waals surface area contributed by atoms with Crippen LogP contribution in [0.4, 0.5) is 0 Å². The van der Waals surface area contributed by atoms with Crippen LogP contribution in [-0.2, 0) is 19.2 Å². The van der Waals surface area contributed by atoms with Crippen LogP contribution in [0.2, 0.25) is 0 Å². The van der Waals surface area contributed by atoms with Crippen molar-refractivity contribution in [3.05, 3.63) is 0 Å². The first kappa shape index (κ1) is 40.4. The van der Waals surface area contributed by atoms with Crippen LogP contribution in [0.3, 0.4) is 0 Å². The molecule has 2 aliphatic carbocycles. The Morgan fingerprint density at radius 3 is 1.65 bits per heavy atom. The van der Waals surface area contributed by atoms with Gasteiger partial charge in [-0.2, -0.15) is 47.0 Å². The van der Waals surface area contributed by atoms with E-state index in [1.807, 2.05) is 41.5 Å². The Morgan fingerprint density at radius 1 is 0.725 bits per heavy atom. The van der Waals surface area contributed by atoms with E-state index in [0.29, 0.717) is 19.3 Å². The zero-order valence-corrected chi connectivity index (χ0v) is 28.8. The molecule has 13 heteroatoms. The lowest BCUT2D eigenvalue weighted by atomic mass is 9.87. The molecule has 4 atom stereocenters. The number of amides is 1. The Hall–Kier alpha value is 0.380. The van der Waals surface area contributed by atoms with Gasteiger partial charge in [0.2, 0.25) is 16.4 Å². The molecule has 7 nitrogen and oxygen atoms in total. The fraction of sp³-hybridized carbons (Fsp3) is 0.852. The summed E-state index contributed by atoms with van der Waals surface area (Å²) in [7, 11) is 0. The van der Waals surface area contributed by atoms with Crippen LogP contribution >= 0.6 is 70.2 Å². The molecule has 2 aliphatic rings. The Kier molecular flexibility index (Phi) is 27.2. The Bertz CT molecular complexity index is 697. The normalized spacial score (nSPS) is 20.9. The molecular formula is C27H49Cl2N3O4S4. The minimum absolute atomic E-state index is 0.0190. The average Bonchev–Trinajstić information content (AvgIpc) is 2.90. The van der Waals surface area contributed by atoms with Gasteiger partial charge in [0.1, 0.15) is 5.78 Å². The number of nitrogens with one attached hydrogen (secondary N) is 1. The highest BCUT2D eigenvalue weighted by Gasteiger charge is 2.30. The van der Waals surface area contributed by atoms with E-state index < -0.39 is 10.5 Å². The van der Waals surface area contributed by atoms with Gasteiger partial charge in [0.05, 0.1) is 0 Å². The van der Waals surface area contributed by atoms with Gasteiger partial charge in [-0.25, -0.2) is 0 Å². The molecule has 5 N–H and O–H groups in total. The molecule has 40 heavy (non-hydrogen) atoms. The minimum atomic E-state index is -0.529. The first-order valence-electron chi connectivity index (χ1n) is 14.0. The maximum absolute atomic E-state index is 11.6. The maximum Gasteiger partial charge on any atom is 0.222 e. The van der Waals surface area contributed by atoms with Crippen molar-refractivity contribution in [1.29, 1.82) is 0 Å². The van der Waals surface area contributed by atoms with Crippen LogP contribution in [-0.4, -0.2) is 86.8 Å². The van der Waals surface area contributed by atoms with E-state index in [1.54, 1.807) is 11.8 Å². The molecule has 1 amide bonds. The van der Waals surface area contributed by atoms with E-state index in [4.69, 9.17) is 34.7 Å². The summed E-state index contributed by atoms with van der Waals surface area (Å²) in [4.78, 5) is 42.9. The van der Waals surface area contributed by atoms with Gasteiger partial charge in [-0.3, -0.25) is 19.2 Å². The molecule has 0 saturated heterocycles. The summed E-state index contributed by atoms with van der Waals surface area (Å²) in [5.74, 6) is 5.32. The molecule has 2 fully saturated rings. The van der Waals surface area contributed by atoms with Gasteiger partial charge in [0.15, 0.2) is 0 Å². The molecule has 0 heterocycles. The summed E-state index contributed by atoms with van der Waals surface area (Å²) < 4.78 is 0. The van der Waals surface area contributed by atoms with Crippen molar-refractivity contribution in [3.8, 4) is 0 Å². The molecular weight excluding hydrogens is 629 g/mol. The summed E-state index contributed by atoms with van der Waals surface area (Å²) in [6.07, 6.45) is 9.83. The third-order valence-electron chi connectivity index (χ3n) is 6.30. The van der Waals surface area contributed by atoms with Gasteiger partial charge in [-0.05, 0) is 73.2 Å². The van der Waals surface area contributed by atoms with E-state index in [9.17, 15) is 19.2 Å². The van der Waals surface area contributed by atoms with Gasteiger partial charge in [-0.1, -0.05) is 6.92 Å². The van der Waals surface area contributed by atoms with E-state index in [1.165, 1.54) is 25.7 Å². The SMILES string of the molecule is CSCCCC(=O)CCC(=O)NCCSC1CCC1C.NCCSC1CCC1SCCN.O=C(Cl)CCC(=O)Cl. The molecule has 0 aliphatic heterocycles. The lowest BCUT2D eigenvalue weighted by Crippen LogP contribution is -2.33. The number of halogens is 2. The number of hydrogen-bond acceptors (Lipinski definition) is 10. The first-order chi connectivity index (χ1) is 19.1. The second-order valence-electron chi connectivity index (χ2n) is 9.63. The average molecular weight is 679 g/mol. The van der Waals surface area contributed by atoms with Crippen molar-refractivity contribution >= 4 is 92.4 Å². The maximum atomic E-state index is 11.6. The van der Waals surface area contributed by atoms with Crippen LogP contribution in [0.25, 0.3) is 0 Å². The van der Waals surface area contributed by atoms with E-state index in [0.717, 1.165) is 70.7 Å². The highest BCUT2D eigenvalue weighted by molar-refractivity contribution is 8.04. The molecule has 2 rings (SSSR count). The number of carbonyl (C=O) groups excluding carboxylic acids is 4. The smallest absolute Gasteiger partial charge is 0.222 e. The van der Waals surface area contributed by atoms with E-state index in [-0.39, 0.29) is 24.5 Å². The fourth-order valence-electron chi connectivity index (χ4n) is 3.62. The van der Waals surface area contributed by atoms with Gasteiger partial charge in [0.25, 0.3) is 0 Å². The molecule has 0 spiro atoms. The number of ketones is 1. The highest BCUT2D eigenvalue weighted by atomic mass is 35.5. The van der Waals surface area contributed by atoms with Crippen LogP contribution in [0.1, 0.15) is 71.1 Å². The molecule has 0 aromatic heterocycles. The van der Waals surface area contributed by atoms with Crippen molar-refractivity contribution in [2.24, 2.45) is 17.4 Å². The Morgan fingerprint density at radius 2 is 1.25 bits per heavy atom. The predicted octanol–water partition coefficient (Wildman–Crippen LogP) is 5.33. The number of hydrogen-bond donors (Lipinski definition) is 3. The van der Waals surface area contributed by atoms with Crippen LogP contribution in [0.5, 0.6) is 0 Å². The van der Waals surface area contributed by atoms with Crippen molar-refractivity contribution in [1.82, 2.24) is 5.32 Å². The van der Waals surface area contributed by atoms with Crippen molar-refractivity contribution < 1.29 is 19.2 Å².